The number of rotatable bonds is 68. The minimum absolute atomic E-state index is 0.0262. The molecule has 0 amide bonds. The van der Waals surface area contributed by atoms with Crippen LogP contribution in [0.25, 0.3) is 0 Å². The smallest absolute Gasteiger partial charge is 0.306 e. The van der Waals surface area contributed by atoms with Crippen LogP contribution in [0.2, 0.25) is 0 Å². The van der Waals surface area contributed by atoms with Crippen molar-refractivity contribution in [2.45, 2.75) is 386 Å². The van der Waals surface area contributed by atoms with Crippen LogP contribution >= 0.6 is 7.82 Å². The van der Waals surface area contributed by atoms with Gasteiger partial charge in [0, 0.05) is 12.8 Å². The lowest BCUT2D eigenvalue weighted by Gasteiger charge is -2.28. The molecular weight excluding hydrogens is 1030 g/mol. The topological polar surface area (TPSA) is 111 Å². The molecule has 482 valence electrons. The van der Waals surface area contributed by atoms with Crippen molar-refractivity contribution in [3.8, 4) is 0 Å². The Labute approximate surface area is 505 Å². The number of carbonyl (C=O) groups excluding carboxylic acids is 2. The van der Waals surface area contributed by atoms with Gasteiger partial charge in [0.15, 0.2) is 6.10 Å². The van der Waals surface area contributed by atoms with Gasteiger partial charge in [-0.2, -0.15) is 0 Å². The minimum Gasteiger partial charge on any atom is -0.756 e. The molecule has 2 atom stereocenters. The lowest BCUT2D eigenvalue weighted by Crippen LogP contribution is -2.37. The predicted octanol–water partition coefficient (Wildman–Crippen LogP) is 22.5. The number of ether oxygens (including phenoxy) is 2. The van der Waals surface area contributed by atoms with Gasteiger partial charge in [0.05, 0.1) is 27.7 Å². The fraction of sp³-hybridized carbons (Fsp3) is 0.944. The fourth-order valence-corrected chi connectivity index (χ4v) is 11.7. The van der Waals surface area contributed by atoms with Crippen LogP contribution < -0.4 is 4.89 Å². The van der Waals surface area contributed by atoms with Gasteiger partial charge >= 0.3 is 11.9 Å². The van der Waals surface area contributed by atoms with Crippen LogP contribution in [-0.4, -0.2) is 70.0 Å². The molecule has 10 heteroatoms. The highest BCUT2D eigenvalue weighted by Gasteiger charge is 2.22. The zero-order chi connectivity index (χ0) is 59.1. The van der Waals surface area contributed by atoms with E-state index in [1.54, 1.807) is 0 Å². The number of esters is 2. The molecule has 0 radical (unpaired) electrons. The number of phosphoric acid groups is 1. The average molecular weight is 1170 g/mol. The number of carbonyl (C=O) groups is 2. The molecule has 0 spiro atoms. The molecule has 9 nitrogen and oxygen atoms in total. The first-order chi connectivity index (χ1) is 39.5. The molecule has 0 rings (SSSR count). The van der Waals surface area contributed by atoms with Crippen LogP contribution in [0.1, 0.15) is 380 Å². The van der Waals surface area contributed by atoms with Crippen LogP contribution in [0.4, 0.5) is 0 Å². The molecule has 0 aromatic carbocycles. The second kappa shape index (κ2) is 63.3. The first kappa shape index (κ1) is 79.8. The third kappa shape index (κ3) is 67.7. The Kier molecular flexibility index (Phi) is 62.3. The van der Waals surface area contributed by atoms with Crippen molar-refractivity contribution in [1.29, 1.82) is 0 Å². The van der Waals surface area contributed by atoms with E-state index in [0.717, 1.165) is 32.1 Å². The van der Waals surface area contributed by atoms with Gasteiger partial charge in [0.2, 0.25) is 0 Å². The summed E-state index contributed by atoms with van der Waals surface area (Å²) in [7, 11) is 1.19. The van der Waals surface area contributed by atoms with Crippen molar-refractivity contribution < 1.29 is 42.1 Å². The Balaban J connectivity index is 3.97. The molecule has 0 aliphatic heterocycles. The molecule has 0 heterocycles. The predicted molar refractivity (Wildman–Crippen MR) is 347 cm³/mol. The van der Waals surface area contributed by atoms with E-state index in [-0.39, 0.29) is 32.0 Å². The van der Waals surface area contributed by atoms with Gasteiger partial charge in [-0.15, -0.1) is 0 Å². The average Bonchev–Trinajstić information content (AvgIpc) is 3.43. The Morgan fingerprint density at radius 1 is 0.370 bits per heavy atom. The van der Waals surface area contributed by atoms with Gasteiger partial charge in [-0.05, 0) is 38.5 Å². The normalized spacial score (nSPS) is 13.1. The summed E-state index contributed by atoms with van der Waals surface area (Å²) >= 11 is 0. The molecule has 0 saturated carbocycles. The van der Waals surface area contributed by atoms with Gasteiger partial charge in [0.1, 0.15) is 19.8 Å². The number of unbranched alkanes of at least 4 members (excludes halogenated alkanes) is 52. The highest BCUT2D eigenvalue weighted by atomic mass is 31.2. The molecule has 81 heavy (non-hydrogen) atoms. The molecule has 0 aliphatic carbocycles. The SMILES string of the molecule is CCCCCCCCCC/C=C\CCCCCCCCCCCCCCCCCC(=O)OC(COC(=O)CCCCCCCCCCCCCCCCCCCCCCCCCCCCCCCC)COP(=O)([O-])OCC[N+](C)(C)C. The zero-order valence-corrected chi connectivity index (χ0v) is 55.9. The number of likely N-dealkylation sites (N-methyl/N-ethyl adjacent to an activating group) is 1. The zero-order valence-electron chi connectivity index (χ0n) is 55.0. The van der Waals surface area contributed by atoms with E-state index >= 15 is 0 Å². The summed E-state index contributed by atoms with van der Waals surface area (Å²) in [5, 5.41) is 0. The maximum atomic E-state index is 12.9. The first-order valence-electron chi connectivity index (χ1n) is 35.9. The fourth-order valence-electron chi connectivity index (χ4n) is 11.0. The molecule has 0 saturated heterocycles. The highest BCUT2D eigenvalue weighted by Crippen LogP contribution is 2.38. The highest BCUT2D eigenvalue weighted by molar-refractivity contribution is 7.45. The lowest BCUT2D eigenvalue weighted by molar-refractivity contribution is -0.870. The van der Waals surface area contributed by atoms with Crippen molar-refractivity contribution in [2.24, 2.45) is 0 Å². The second-order valence-corrected chi connectivity index (χ2v) is 27.4. The van der Waals surface area contributed by atoms with Gasteiger partial charge in [0.25, 0.3) is 7.82 Å². The summed E-state index contributed by atoms with van der Waals surface area (Å²) in [5.74, 6) is -0.807. The number of hydrogen-bond donors (Lipinski definition) is 0. The summed E-state index contributed by atoms with van der Waals surface area (Å²) in [6.45, 7) is 4.33. The molecular formula is C71H140NO8P. The number of phosphoric ester groups is 1. The number of allylic oxidation sites excluding steroid dienone is 2. The van der Waals surface area contributed by atoms with E-state index in [1.165, 1.54) is 315 Å². The van der Waals surface area contributed by atoms with E-state index in [0.29, 0.717) is 17.4 Å². The third-order valence-electron chi connectivity index (χ3n) is 16.5. The number of hydrogen-bond acceptors (Lipinski definition) is 8. The van der Waals surface area contributed by atoms with Gasteiger partial charge in [-0.3, -0.25) is 14.2 Å². The summed E-state index contributed by atoms with van der Waals surface area (Å²) in [4.78, 5) is 38.1. The molecule has 2 unspecified atom stereocenters. The van der Waals surface area contributed by atoms with E-state index in [2.05, 4.69) is 26.0 Å². The van der Waals surface area contributed by atoms with Crippen molar-refractivity contribution in [3.63, 3.8) is 0 Å². The van der Waals surface area contributed by atoms with E-state index < -0.39 is 26.5 Å². The van der Waals surface area contributed by atoms with Gasteiger partial charge < -0.3 is 27.9 Å². The van der Waals surface area contributed by atoms with E-state index in [4.69, 9.17) is 18.5 Å². The maximum absolute atomic E-state index is 12.9. The Morgan fingerprint density at radius 3 is 0.914 bits per heavy atom. The third-order valence-corrected chi connectivity index (χ3v) is 17.5. The van der Waals surface area contributed by atoms with Crippen molar-refractivity contribution >= 4 is 19.8 Å². The number of nitrogens with zero attached hydrogens (tertiary/aromatic N) is 1. The first-order valence-corrected chi connectivity index (χ1v) is 37.4. The minimum atomic E-state index is -4.64. The monoisotopic (exact) mass is 1170 g/mol. The van der Waals surface area contributed by atoms with Crippen molar-refractivity contribution in [2.75, 3.05) is 47.5 Å². The van der Waals surface area contributed by atoms with Crippen LogP contribution in [0.3, 0.4) is 0 Å². The Bertz CT molecular complexity index is 1370. The van der Waals surface area contributed by atoms with Crippen LogP contribution in [0, 0.1) is 0 Å². The molecule has 0 fully saturated rings. The Morgan fingerprint density at radius 2 is 0.630 bits per heavy atom. The standard InChI is InChI=1S/C71H140NO8P/c1-6-8-10-12-14-16-18-20-22-24-26-28-30-32-34-35-36-38-39-41-43-45-47-49-51-53-55-57-59-61-63-70(73)77-67-69(68-79-81(75,76)78-66-65-72(3,4)5)80-71(74)64-62-60-58-56-54-52-50-48-46-44-42-40-37-33-31-29-27-25-23-21-19-17-15-13-11-9-7-2/h25,27,69H,6-24,26,28-68H2,1-5H3/b27-25-. The molecule has 0 N–H and O–H groups in total. The van der Waals surface area contributed by atoms with Crippen LogP contribution in [0.15, 0.2) is 12.2 Å². The largest absolute Gasteiger partial charge is 0.756 e. The summed E-state index contributed by atoms with van der Waals surface area (Å²) < 4.78 is 34.3. The summed E-state index contributed by atoms with van der Waals surface area (Å²) in [6, 6.07) is 0. The molecule has 0 bridgehead atoms. The lowest BCUT2D eigenvalue weighted by atomic mass is 10.0. The molecule has 0 aromatic rings. The van der Waals surface area contributed by atoms with Gasteiger partial charge in [-0.1, -0.05) is 341 Å². The van der Waals surface area contributed by atoms with E-state index in [9.17, 15) is 19.0 Å². The number of quaternary nitrogens is 1. The molecule has 0 aliphatic rings. The molecule has 0 aromatic heterocycles. The summed E-state index contributed by atoms with van der Waals surface area (Å²) in [5.41, 5.74) is 0. The van der Waals surface area contributed by atoms with Crippen molar-refractivity contribution in [1.82, 2.24) is 0 Å². The second-order valence-electron chi connectivity index (χ2n) is 26.0. The van der Waals surface area contributed by atoms with Crippen LogP contribution in [-0.2, 0) is 32.7 Å². The van der Waals surface area contributed by atoms with Gasteiger partial charge in [-0.25, -0.2) is 0 Å². The summed E-state index contributed by atoms with van der Waals surface area (Å²) in [6.07, 6.45) is 77.3. The van der Waals surface area contributed by atoms with Crippen LogP contribution in [0.5, 0.6) is 0 Å². The maximum Gasteiger partial charge on any atom is 0.306 e. The van der Waals surface area contributed by atoms with E-state index in [1.807, 2.05) is 21.1 Å². The quantitative estimate of drug-likeness (QED) is 0.0195. The van der Waals surface area contributed by atoms with Crippen molar-refractivity contribution in [3.05, 3.63) is 12.2 Å². The Hall–Kier alpha value is -1.25.